The van der Waals surface area contributed by atoms with Crippen molar-refractivity contribution in [2.45, 2.75) is 322 Å². The minimum atomic E-state index is -0.789. The highest BCUT2D eigenvalue weighted by Gasteiger charge is 2.19. The topological polar surface area (TPSA) is 78.9 Å². The number of unbranched alkanes of at least 4 members (excludes halogenated alkanes) is 34. The highest BCUT2D eigenvalue weighted by atomic mass is 16.6. The van der Waals surface area contributed by atoms with Gasteiger partial charge in [-0.3, -0.25) is 14.4 Å². The van der Waals surface area contributed by atoms with Crippen LogP contribution in [-0.4, -0.2) is 37.2 Å². The molecule has 0 saturated heterocycles. The summed E-state index contributed by atoms with van der Waals surface area (Å²) in [5, 5.41) is 0. The van der Waals surface area contributed by atoms with Gasteiger partial charge in [0.15, 0.2) is 6.10 Å². The van der Waals surface area contributed by atoms with E-state index in [-0.39, 0.29) is 31.1 Å². The van der Waals surface area contributed by atoms with Crippen LogP contribution in [0.4, 0.5) is 0 Å². The highest BCUT2D eigenvalue weighted by Crippen LogP contribution is 2.16. The zero-order valence-corrected chi connectivity index (χ0v) is 48.4. The first kappa shape index (κ1) is 69.8. The van der Waals surface area contributed by atoms with Crippen LogP contribution in [0.5, 0.6) is 0 Å². The number of rotatable bonds is 57. The fourth-order valence-electron chi connectivity index (χ4n) is 8.95. The molecule has 0 aliphatic rings. The van der Waals surface area contributed by atoms with Crippen LogP contribution in [0.1, 0.15) is 316 Å². The zero-order valence-electron chi connectivity index (χ0n) is 48.4. The van der Waals surface area contributed by atoms with E-state index in [9.17, 15) is 14.4 Å². The van der Waals surface area contributed by atoms with E-state index in [0.29, 0.717) is 19.3 Å². The van der Waals surface area contributed by atoms with Crippen LogP contribution >= 0.6 is 0 Å². The van der Waals surface area contributed by atoms with Gasteiger partial charge < -0.3 is 14.2 Å². The molecule has 0 saturated carbocycles. The van der Waals surface area contributed by atoms with Crippen molar-refractivity contribution in [2.75, 3.05) is 13.2 Å². The van der Waals surface area contributed by atoms with Crippen molar-refractivity contribution in [2.24, 2.45) is 0 Å². The van der Waals surface area contributed by atoms with Crippen LogP contribution < -0.4 is 0 Å². The normalized spacial score (nSPS) is 12.5. The van der Waals surface area contributed by atoms with E-state index in [0.717, 1.165) is 96.3 Å². The minimum Gasteiger partial charge on any atom is -0.462 e. The molecular formula is C67H118O6. The maximum atomic E-state index is 12.9. The molecule has 0 rings (SSSR count). The van der Waals surface area contributed by atoms with Gasteiger partial charge in [-0.1, -0.05) is 261 Å². The molecule has 0 aliphatic heterocycles. The van der Waals surface area contributed by atoms with Crippen molar-refractivity contribution < 1.29 is 28.6 Å². The Labute approximate surface area is 453 Å². The summed E-state index contributed by atoms with van der Waals surface area (Å²) in [7, 11) is 0. The van der Waals surface area contributed by atoms with Crippen molar-refractivity contribution in [1.29, 1.82) is 0 Å². The number of hydrogen-bond donors (Lipinski definition) is 0. The van der Waals surface area contributed by atoms with Crippen molar-refractivity contribution >= 4 is 17.9 Å². The summed E-state index contributed by atoms with van der Waals surface area (Å²) >= 11 is 0. The number of ether oxygens (including phenoxy) is 3. The lowest BCUT2D eigenvalue weighted by Gasteiger charge is -2.18. The van der Waals surface area contributed by atoms with Crippen molar-refractivity contribution in [3.8, 4) is 0 Å². The standard InChI is InChI=1S/C67H118O6/c1-4-7-10-13-16-19-22-25-28-31-33-36-39-42-45-48-51-54-57-60-66(69)72-63-64(62-71-65(68)59-56-53-50-47-44-41-38-35-30-27-24-21-18-15-12-9-6-3)73-67(70)61-58-55-52-49-46-43-40-37-34-32-29-26-23-20-17-14-11-8-5-2/h9,12,18,21,25-30,38,41,64H,4-8,10-11,13-17,19-20,22-24,31-37,39-40,42-63H2,1-3H3/b12-9-,21-18-,28-25-,29-26-,30-27-,41-38-/t64-/m1/s1. The SMILES string of the molecule is CC/C=C\C/C=C\C/C=C\C/C=C\CCCCCCC(=O)OC[C@H](COC(=O)CCCCCCCCCCC/C=C\CCCCCCCC)OC(=O)CCCCCCCCCCC/C=C\CCCCCCCC. The summed E-state index contributed by atoms with van der Waals surface area (Å²) in [6, 6.07) is 0. The maximum absolute atomic E-state index is 12.9. The molecule has 0 fully saturated rings. The summed E-state index contributed by atoms with van der Waals surface area (Å²) in [6.07, 6.45) is 79.0. The average Bonchev–Trinajstić information content (AvgIpc) is 3.39. The largest absolute Gasteiger partial charge is 0.462 e. The van der Waals surface area contributed by atoms with E-state index >= 15 is 0 Å². The Kier molecular flexibility index (Phi) is 58.7. The Morgan fingerprint density at radius 3 is 0.849 bits per heavy atom. The molecule has 0 bridgehead atoms. The smallest absolute Gasteiger partial charge is 0.306 e. The molecule has 73 heavy (non-hydrogen) atoms. The Balaban J connectivity index is 4.40. The van der Waals surface area contributed by atoms with E-state index in [2.05, 4.69) is 93.7 Å². The van der Waals surface area contributed by atoms with Gasteiger partial charge in [-0.15, -0.1) is 0 Å². The van der Waals surface area contributed by atoms with Gasteiger partial charge >= 0.3 is 17.9 Å². The average molecular weight is 1020 g/mol. The Hall–Kier alpha value is -3.15. The Morgan fingerprint density at radius 2 is 0.534 bits per heavy atom. The lowest BCUT2D eigenvalue weighted by Crippen LogP contribution is -2.30. The van der Waals surface area contributed by atoms with Crippen molar-refractivity contribution in [3.63, 3.8) is 0 Å². The lowest BCUT2D eigenvalue weighted by molar-refractivity contribution is -0.167. The molecule has 0 amide bonds. The summed E-state index contributed by atoms with van der Waals surface area (Å²) in [4.78, 5) is 38.3. The molecule has 0 aromatic heterocycles. The molecule has 0 N–H and O–H groups in total. The van der Waals surface area contributed by atoms with Crippen LogP contribution in [0.3, 0.4) is 0 Å². The van der Waals surface area contributed by atoms with E-state index < -0.39 is 6.10 Å². The van der Waals surface area contributed by atoms with Crippen LogP contribution in [0.2, 0.25) is 0 Å². The number of hydrogen-bond acceptors (Lipinski definition) is 6. The first-order valence-corrected chi connectivity index (χ1v) is 31.4. The lowest BCUT2D eigenvalue weighted by atomic mass is 10.1. The van der Waals surface area contributed by atoms with Gasteiger partial charge in [-0.2, -0.15) is 0 Å². The quantitative estimate of drug-likeness (QED) is 0.0261. The third-order valence-corrected chi connectivity index (χ3v) is 13.7. The van der Waals surface area contributed by atoms with Crippen LogP contribution in [0, 0.1) is 0 Å². The molecule has 0 aliphatic carbocycles. The Bertz CT molecular complexity index is 1360. The molecule has 6 nitrogen and oxygen atoms in total. The summed E-state index contributed by atoms with van der Waals surface area (Å²) in [5.74, 6) is -0.899. The first-order chi connectivity index (χ1) is 36.0. The number of carbonyl (C=O) groups excluding carboxylic acids is 3. The van der Waals surface area contributed by atoms with Crippen molar-refractivity contribution in [1.82, 2.24) is 0 Å². The van der Waals surface area contributed by atoms with E-state index in [1.807, 2.05) is 0 Å². The summed E-state index contributed by atoms with van der Waals surface area (Å²) in [5.41, 5.74) is 0. The van der Waals surface area contributed by atoms with Gasteiger partial charge in [0.2, 0.25) is 0 Å². The molecule has 6 heteroatoms. The summed E-state index contributed by atoms with van der Waals surface area (Å²) < 4.78 is 16.9. The van der Waals surface area contributed by atoms with E-state index in [1.165, 1.54) is 180 Å². The second-order valence-corrected chi connectivity index (χ2v) is 20.9. The maximum Gasteiger partial charge on any atom is 0.306 e. The number of carbonyl (C=O) groups is 3. The van der Waals surface area contributed by atoms with Gasteiger partial charge in [0, 0.05) is 19.3 Å². The third-order valence-electron chi connectivity index (χ3n) is 13.7. The minimum absolute atomic E-state index is 0.0838. The molecule has 0 heterocycles. The molecule has 0 radical (unpaired) electrons. The van der Waals surface area contributed by atoms with Gasteiger partial charge in [0.05, 0.1) is 0 Å². The predicted octanol–water partition coefficient (Wildman–Crippen LogP) is 21.3. The van der Waals surface area contributed by atoms with Crippen molar-refractivity contribution in [3.05, 3.63) is 72.9 Å². The molecule has 422 valence electrons. The molecule has 0 unspecified atom stereocenters. The van der Waals surface area contributed by atoms with Crippen LogP contribution in [-0.2, 0) is 28.6 Å². The van der Waals surface area contributed by atoms with Gasteiger partial charge in [0.1, 0.15) is 13.2 Å². The molecule has 0 spiro atoms. The number of esters is 3. The predicted molar refractivity (Wildman–Crippen MR) is 316 cm³/mol. The molecule has 0 aromatic rings. The number of allylic oxidation sites excluding steroid dienone is 12. The second-order valence-electron chi connectivity index (χ2n) is 20.9. The van der Waals surface area contributed by atoms with Gasteiger partial charge in [-0.25, -0.2) is 0 Å². The zero-order chi connectivity index (χ0) is 52.9. The highest BCUT2D eigenvalue weighted by molar-refractivity contribution is 5.71. The van der Waals surface area contributed by atoms with Crippen LogP contribution in [0.25, 0.3) is 0 Å². The molecular weight excluding hydrogens is 901 g/mol. The van der Waals surface area contributed by atoms with E-state index in [4.69, 9.17) is 14.2 Å². The summed E-state index contributed by atoms with van der Waals surface area (Å²) in [6.45, 7) is 6.53. The molecule has 0 aromatic carbocycles. The fraction of sp³-hybridized carbons (Fsp3) is 0.776. The first-order valence-electron chi connectivity index (χ1n) is 31.4. The van der Waals surface area contributed by atoms with Crippen LogP contribution in [0.15, 0.2) is 72.9 Å². The van der Waals surface area contributed by atoms with Gasteiger partial charge in [0.25, 0.3) is 0 Å². The van der Waals surface area contributed by atoms with E-state index in [1.54, 1.807) is 0 Å². The Morgan fingerprint density at radius 1 is 0.288 bits per heavy atom. The third kappa shape index (κ3) is 59.6. The van der Waals surface area contributed by atoms with Gasteiger partial charge in [-0.05, 0) is 109 Å². The fourth-order valence-corrected chi connectivity index (χ4v) is 8.95. The monoisotopic (exact) mass is 1020 g/mol. The second kappa shape index (κ2) is 61.4. The molecule has 1 atom stereocenters.